The number of nitrogens with one attached hydrogen (secondary N) is 1. The van der Waals surface area contributed by atoms with E-state index in [9.17, 15) is 13.2 Å². The number of nitrogens with zero attached hydrogens (tertiary/aromatic N) is 2. The Morgan fingerprint density at radius 3 is 2.44 bits per heavy atom. The van der Waals surface area contributed by atoms with Crippen molar-refractivity contribution in [2.45, 2.75) is 6.42 Å². The third-order valence-electron chi connectivity index (χ3n) is 3.91. The molecule has 0 saturated heterocycles. The van der Waals surface area contributed by atoms with Crippen molar-refractivity contribution >= 4 is 21.6 Å². The number of methoxy groups -OCH3 is 1. The van der Waals surface area contributed by atoms with Gasteiger partial charge in [-0.15, -0.1) is 0 Å². The quantitative estimate of drug-likeness (QED) is 0.747. The summed E-state index contributed by atoms with van der Waals surface area (Å²) in [6.45, 7) is -0.145. The first-order valence-corrected chi connectivity index (χ1v) is 10.1. The average molecular weight is 387 g/mol. The molecule has 0 aromatic heterocycles. The zero-order valence-corrected chi connectivity index (χ0v) is 16.0. The summed E-state index contributed by atoms with van der Waals surface area (Å²) < 4.78 is 30.5. The molecule has 0 aliphatic heterocycles. The van der Waals surface area contributed by atoms with E-state index in [-0.39, 0.29) is 13.1 Å². The molecule has 2 aromatic carbocycles. The van der Waals surface area contributed by atoms with Crippen molar-refractivity contribution in [3.8, 4) is 11.8 Å². The highest BCUT2D eigenvalue weighted by Crippen LogP contribution is 2.18. The number of rotatable bonds is 8. The molecule has 0 saturated carbocycles. The van der Waals surface area contributed by atoms with Gasteiger partial charge < -0.3 is 10.1 Å². The van der Waals surface area contributed by atoms with Crippen LogP contribution in [0.1, 0.15) is 11.1 Å². The second kappa shape index (κ2) is 9.16. The van der Waals surface area contributed by atoms with Crippen molar-refractivity contribution in [3.63, 3.8) is 0 Å². The maximum absolute atomic E-state index is 12.3. The van der Waals surface area contributed by atoms with Gasteiger partial charge in [-0.05, 0) is 42.3 Å². The van der Waals surface area contributed by atoms with Crippen molar-refractivity contribution in [3.05, 3.63) is 59.7 Å². The average Bonchev–Trinajstić information content (AvgIpc) is 2.65. The molecule has 2 aromatic rings. The first-order chi connectivity index (χ1) is 12.8. The first kappa shape index (κ1) is 20.4. The zero-order chi connectivity index (χ0) is 19.9. The molecule has 1 amide bonds. The number of benzene rings is 2. The summed E-state index contributed by atoms with van der Waals surface area (Å²) in [5.41, 5.74) is 1.83. The Labute approximate surface area is 159 Å². The standard InChI is InChI=1S/C19H21N3O4S/c1-26-18-6-4-3-5-16(18)11-12-22(27(2,24)25)14-19(23)21-17-9-7-15(13-20)8-10-17/h3-10H,11-12,14H2,1-2H3,(H,21,23). The summed E-state index contributed by atoms with van der Waals surface area (Å²) in [7, 11) is -2.01. The molecular formula is C19H21N3O4S. The molecule has 27 heavy (non-hydrogen) atoms. The molecule has 8 heteroatoms. The van der Waals surface area contributed by atoms with Gasteiger partial charge in [-0.2, -0.15) is 9.57 Å². The van der Waals surface area contributed by atoms with Gasteiger partial charge in [0.2, 0.25) is 15.9 Å². The molecular weight excluding hydrogens is 366 g/mol. The highest BCUT2D eigenvalue weighted by atomic mass is 32.2. The fraction of sp³-hybridized carbons (Fsp3) is 0.263. The maximum Gasteiger partial charge on any atom is 0.239 e. The largest absolute Gasteiger partial charge is 0.496 e. The molecule has 2 rings (SSSR count). The first-order valence-electron chi connectivity index (χ1n) is 8.20. The minimum absolute atomic E-state index is 0.153. The molecule has 0 bridgehead atoms. The van der Waals surface area contributed by atoms with Gasteiger partial charge in [0, 0.05) is 12.2 Å². The lowest BCUT2D eigenvalue weighted by atomic mass is 10.1. The van der Waals surface area contributed by atoms with E-state index in [1.165, 1.54) is 0 Å². The number of nitriles is 1. The lowest BCUT2D eigenvalue weighted by molar-refractivity contribution is -0.116. The van der Waals surface area contributed by atoms with Gasteiger partial charge in [0.15, 0.2) is 0 Å². The number of carbonyl (C=O) groups is 1. The number of para-hydroxylation sites is 1. The summed E-state index contributed by atoms with van der Waals surface area (Å²) in [6.07, 6.45) is 1.49. The van der Waals surface area contributed by atoms with Crippen LogP contribution in [0.25, 0.3) is 0 Å². The van der Waals surface area contributed by atoms with Crippen LogP contribution >= 0.6 is 0 Å². The topological polar surface area (TPSA) is 99.5 Å². The van der Waals surface area contributed by atoms with Crippen LogP contribution in [0.5, 0.6) is 5.75 Å². The van der Waals surface area contributed by atoms with Crippen molar-refractivity contribution in [2.75, 3.05) is 31.8 Å². The van der Waals surface area contributed by atoms with Crippen LogP contribution < -0.4 is 10.1 Å². The molecule has 0 radical (unpaired) electrons. The van der Waals surface area contributed by atoms with Crippen molar-refractivity contribution in [1.82, 2.24) is 4.31 Å². The molecule has 0 aliphatic carbocycles. The third-order valence-corrected chi connectivity index (χ3v) is 5.16. The van der Waals surface area contributed by atoms with E-state index in [1.54, 1.807) is 37.4 Å². The molecule has 142 valence electrons. The number of hydrogen-bond donors (Lipinski definition) is 1. The Hall–Kier alpha value is -2.89. The number of amides is 1. The summed E-state index contributed by atoms with van der Waals surface area (Å²) in [5.74, 6) is 0.221. The number of hydrogen-bond acceptors (Lipinski definition) is 5. The summed E-state index contributed by atoms with van der Waals surface area (Å²) in [4.78, 5) is 12.3. The zero-order valence-electron chi connectivity index (χ0n) is 15.2. The van der Waals surface area contributed by atoms with E-state index >= 15 is 0 Å². The second-order valence-electron chi connectivity index (χ2n) is 5.90. The predicted molar refractivity (Wildman–Crippen MR) is 103 cm³/mol. The Morgan fingerprint density at radius 2 is 1.85 bits per heavy atom. The highest BCUT2D eigenvalue weighted by molar-refractivity contribution is 7.88. The van der Waals surface area contributed by atoms with Gasteiger partial charge >= 0.3 is 0 Å². The minimum Gasteiger partial charge on any atom is -0.496 e. The Kier molecular flexibility index (Phi) is 6.93. The van der Waals surface area contributed by atoms with E-state index < -0.39 is 15.9 Å². The van der Waals surface area contributed by atoms with E-state index in [4.69, 9.17) is 10.00 Å². The van der Waals surface area contributed by atoms with Crippen molar-refractivity contribution in [1.29, 1.82) is 5.26 Å². The summed E-state index contributed by atoms with van der Waals surface area (Å²) in [5, 5.41) is 11.4. The minimum atomic E-state index is -3.56. The Bertz CT molecular complexity index is 934. The molecule has 0 heterocycles. The smallest absolute Gasteiger partial charge is 0.239 e. The maximum atomic E-state index is 12.3. The lowest BCUT2D eigenvalue weighted by Crippen LogP contribution is -2.38. The van der Waals surface area contributed by atoms with E-state index in [1.807, 2.05) is 24.3 Å². The molecule has 0 spiro atoms. The SMILES string of the molecule is COc1ccccc1CCN(CC(=O)Nc1ccc(C#N)cc1)S(C)(=O)=O. The van der Waals surface area contributed by atoms with Crippen LogP contribution in [0.2, 0.25) is 0 Å². The van der Waals surface area contributed by atoms with Crippen LogP contribution in [0.15, 0.2) is 48.5 Å². The van der Waals surface area contributed by atoms with Gasteiger partial charge in [0.05, 0.1) is 31.5 Å². The lowest BCUT2D eigenvalue weighted by Gasteiger charge is -2.20. The van der Waals surface area contributed by atoms with E-state index in [2.05, 4.69) is 5.32 Å². The number of anilines is 1. The molecule has 7 nitrogen and oxygen atoms in total. The number of carbonyl (C=O) groups excluding carboxylic acids is 1. The summed E-state index contributed by atoms with van der Waals surface area (Å²) in [6, 6.07) is 15.7. The fourth-order valence-electron chi connectivity index (χ4n) is 2.51. The fourth-order valence-corrected chi connectivity index (χ4v) is 3.28. The second-order valence-corrected chi connectivity index (χ2v) is 7.88. The van der Waals surface area contributed by atoms with Gasteiger partial charge in [-0.1, -0.05) is 18.2 Å². The van der Waals surface area contributed by atoms with E-state index in [0.717, 1.165) is 16.1 Å². The van der Waals surface area contributed by atoms with Crippen LogP contribution in [-0.2, 0) is 21.2 Å². The van der Waals surface area contributed by atoms with Crippen LogP contribution in [0.4, 0.5) is 5.69 Å². The number of ether oxygens (including phenoxy) is 1. The molecule has 0 atom stereocenters. The third kappa shape index (κ3) is 6.09. The summed E-state index contributed by atoms with van der Waals surface area (Å²) >= 11 is 0. The van der Waals surface area contributed by atoms with Gasteiger partial charge in [-0.3, -0.25) is 4.79 Å². The Morgan fingerprint density at radius 1 is 1.19 bits per heavy atom. The van der Waals surface area contributed by atoms with Gasteiger partial charge in [0.1, 0.15) is 5.75 Å². The van der Waals surface area contributed by atoms with Crippen LogP contribution in [0, 0.1) is 11.3 Å². The van der Waals surface area contributed by atoms with Crippen LogP contribution in [-0.4, -0.2) is 45.1 Å². The normalized spacial score (nSPS) is 11.0. The van der Waals surface area contributed by atoms with Crippen LogP contribution in [0.3, 0.4) is 0 Å². The highest BCUT2D eigenvalue weighted by Gasteiger charge is 2.20. The monoisotopic (exact) mass is 387 g/mol. The van der Waals surface area contributed by atoms with Crippen molar-refractivity contribution < 1.29 is 17.9 Å². The van der Waals surface area contributed by atoms with Gasteiger partial charge in [-0.25, -0.2) is 8.42 Å². The number of sulfonamides is 1. The molecule has 0 unspecified atom stereocenters. The molecule has 0 fully saturated rings. The Balaban J connectivity index is 2.03. The van der Waals surface area contributed by atoms with Gasteiger partial charge in [0.25, 0.3) is 0 Å². The van der Waals surface area contributed by atoms with Crippen molar-refractivity contribution in [2.24, 2.45) is 0 Å². The predicted octanol–water partition coefficient (Wildman–Crippen LogP) is 2.01. The molecule has 1 N–H and O–H groups in total. The van der Waals surface area contributed by atoms with E-state index in [0.29, 0.717) is 23.4 Å². The molecule has 0 aliphatic rings.